The van der Waals surface area contributed by atoms with Crippen molar-refractivity contribution in [3.63, 3.8) is 0 Å². The highest BCUT2D eigenvalue weighted by molar-refractivity contribution is 5.72. The average Bonchev–Trinajstić information content (AvgIpc) is 2.39. The minimum atomic E-state index is -0.748. The van der Waals surface area contributed by atoms with Gasteiger partial charge in [-0.25, -0.2) is 0 Å². The Morgan fingerprint density at radius 2 is 1.88 bits per heavy atom. The number of hydrogen-bond acceptors (Lipinski definition) is 4. The fourth-order valence-corrected chi connectivity index (χ4v) is 2.08. The third kappa shape index (κ3) is 2.74. The third-order valence-corrected chi connectivity index (χ3v) is 3.25. The summed E-state index contributed by atoms with van der Waals surface area (Å²) in [4.78, 5) is 19.1. The summed E-state index contributed by atoms with van der Waals surface area (Å²) in [6, 6.07) is 3.57. The highest BCUT2D eigenvalue weighted by atomic mass is 16.4. The van der Waals surface area contributed by atoms with E-state index in [0.29, 0.717) is 0 Å². The molecule has 2 heterocycles. The van der Waals surface area contributed by atoms with Gasteiger partial charge in [0.25, 0.3) is 0 Å². The standard InChI is InChI=1S/C12H17N3O2/c1-10(12(16)17)14-6-8-15(9-7-14)11-2-4-13-5-3-11/h2-5,10H,6-9H2,1H3,(H,16,17)/t10-/m1/s1. The lowest BCUT2D eigenvalue weighted by Gasteiger charge is -2.37. The van der Waals surface area contributed by atoms with E-state index in [0.717, 1.165) is 31.9 Å². The van der Waals surface area contributed by atoms with E-state index in [2.05, 4.69) is 9.88 Å². The number of aliphatic carboxylic acids is 1. The van der Waals surface area contributed by atoms with Gasteiger partial charge in [-0.15, -0.1) is 0 Å². The molecule has 0 aromatic carbocycles. The highest BCUT2D eigenvalue weighted by Gasteiger charge is 2.24. The van der Waals surface area contributed by atoms with Crippen molar-refractivity contribution in [1.82, 2.24) is 9.88 Å². The molecule has 0 saturated carbocycles. The normalized spacial score (nSPS) is 19.0. The summed E-state index contributed by atoms with van der Waals surface area (Å²) < 4.78 is 0. The molecule has 1 fully saturated rings. The van der Waals surface area contributed by atoms with Crippen LogP contribution in [0.25, 0.3) is 0 Å². The number of pyridine rings is 1. The van der Waals surface area contributed by atoms with Gasteiger partial charge in [-0.2, -0.15) is 0 Å². The van der Waals surface area contributed by atoms with Crippen LogP contribution < -0.4 is 4.90 Å². The van der Waals surface area contributed by atoms with Gasteiger partial charge in [0.05, 0.1) is 0 Å². The van der Waals surface area contributed by atoms with Crippen LogP contribution in [0.5, 0.6) is 0 Å². The number of carboxylic acids is 1. The third-order valence-electron chi connectivity index (χ3n) is 3.25. The lowest BCUT2D eigenvalue weighted by atomic mass is 10.2. The van der Waals surface area contributed by atoms with E-state index in [-0.39, 0.29) is 0 Å². The molecule has 5 heteroatoms. The quantitative estimate of drug-likeness (QED) is 0.834. The van der Waals surface area contributed by atoms with E-state index < -0.39 is 12.0 Å². The Morgan fingerprint density at radius 1 is 1.29 bits per heavy atom. The van der Waals surface area contributed by atoms with Crippen molar-refractivity contribution in [3.8, 4) is 0 Å². The predicted octanol–water partition coefficient (Wildman–Crippen LogP) is 0.677. The minimum Gasteiger partial charge on any atom is -0.480 e. The van der Waals surface area contributed by atoms with Gasteiger partial charge in [0, 0.05) is 44.3 Å². The molecule has 1 saturated heterocycles. The van der Waals surface area contributed by atoms with E-state index >= 15 is 0 Å². The average molecular weight is 235 g/mol. The molecule has 0 amide bonds. The fraction of sp³-hybridized carbons (Fsp3) is 0.500. The zero-order chi connectivity index (χ0) is 12.3. The van der Waals surface area contributed by atoms with E-state index in [1.165, 1.54) is 0 Å². The van der Waals surface area contributed by atoms with Crippen LogP contribution >= 0.6 is 0 Å². The number of carboxylic acid groups (broad SMARTS) is 1. The van der Waals surface area contributed by atoms with Crippen molar-refractivity contribution >= 4 is 11.7 Å². The summed E-state index contributed by atoms with van der Waals surface area (Å²) in [5.74, 6) is -0.748. The van der Waals surface area contributed by atoms with E-state index in [1.54, 1.807) is 19.3 Å². The Labute approximate surface area is 101 Å². The summed E-state index contributed by atoms with van der Waals surface area (Å²) in [6.45, 7) is 5.04. The molecular weight excluding hydrogens is 218 g/mol. The monoisotopic (exact) mass is 235 g/mol. The van der Waals surface area contributed by atoms with Crippen LogP contribution in [0.4, 0.5) is 5.69 Å². The van der Waals surface area contributed by atoms with Crippen LogP contribution in [0.15, 0.2) is 24.5 Å². The summed E-state index contributed by atoms with van der Waals surface area (Å²) in [5.41, 5.74) is 1.16. The number of hydrogen-bond donors (Lipinski definition) is 1. The molecule has 17 heavy (non-hydrogen) atoms. The van der Waals surface area contributed by atoms with Crippen molar-refractivity contribution in [2.45, 2.75) is 13.0 Å². The maximum absolute atomic E-state index is 10.9. The van der Waals surface area contributed by atoms with Crippen LogP contribution in [0.3, 0.4) is 0 Å². The van der Waals surface area contributed by atoms with Crippen LogP contribution in [-0.4, -0.2) is 53.2 Å². The van der Waals surface area contributed by atoms with Crippen LogP contribution in [0.2, 0.25) is 0 Å². The van der Waals surface area contributed by atoms with Crippen molar-refractivity contribution in [2.75, 3.05) is 31.1 Å². The van der Waals surface area contributed by atoms with Gasteiger partial charge in [-0.1, -0.05) is 0 Å². The first-order chi connectivity index (χ1) is 8.18. The van der Waals surface area contributed by atoms with Gasteiger partial charge in [0.2, 0.25) is 0 Å². The molecule has 1 aliphatic rings. The maximum atomic E-state index is 10.9. The molecule has 0 aliphatic carbocycles. The van der Waals surface area contributed by atoms with Gasteiger partial charge in [0.1, 0.15) is 6.04 Å². The van der Waals surface area contributed by atoms with Gasteiger partial charge < -0.3 is 10.0 Å². The van der Waals surface area contributed by atoms with Crippen molar-refractivity contribution < 1.29 is 9.90 Å². The molecule has 0 bridgehead atoms. The molecular formula is C12H17N3O2. The molecule has 2 rings (SSSR count). The highest BCUT2D eigenvalue weighted by Crippen LogP contribution is 2.15. The molecule has 5 nitrogen and oxygen atoms in total. The van der Waals surface area contributed by atoms with Crippen molar-refractivity contribution in [2.24, 2.45) is 0 Å². The first kappa shape index (κ1) is 11.9. The second-order valence-corrected chi connectivity index (χ2v) is 4.24. The number of nitrogens with zero attached hydrogens (tertiary/aromatic N) is 3. The number of piperazine rings is 1. The SMILES string of the molecule is C[C@H](C(=O)O)N1CCN(c2ccncc2)CC1. The first-order valence-corrected chi connectivity index (χ1v) is 5.80. The smallest absolute Gasteiger partial charge is 0.320 e. The van der Waals surface area contributed by atoms with Crippen LogP contribution in [0.1, 0.15) is 6.92 Å². The van der Waals surface area contributed by atoms with Gasteiger partial charge in [-0.05, 0) is 19.1 Å². The Hall–Kier alpha value is -1.62. The van der Waals surface area contributed by atoms with Crippen molar-refractivity contribution in [3.05, 3.63) is 24.5 Å². The molecule has 0 spiro atoms. The van der Waals surface area contributed by atoms with E-state index in [9.17, 15) is 4.79 Å². The number of rotatable bonds is 3. The number of carbonyl (C=O) groups is 1. The Kier molecular flexibility index (Phi) is 3.58. The van der Waals surface area contributed by atoms with Crippen LogP contribution in [0, 0.1) is 0 Å². The summed E-state index contributed by atoms with van der Waals surface area (Å²) in [7, 11) is 0. The molecule has 0 radical (unpaired) electrons. The second-order valence-electron chi connectivity index (χ2n) is 4.24. The maximum Gasteiger partial charge on any atom is 0.320 e. The molecule has 0 unspecified atom stereocenters. The topological polar surface area (TPSA) is 56.7 Å². The summed E-state index contributed by atoms with van der Waals surface area (Å²) in [6.07, 6.45) is 3.56. The first-order valence-electron chi connectivity index (χ1n) is 5.80. The minimum absolute atomic E-state index is 0.394. The molecule has 1 aromatic rings. The second kappa shape index (κ2) is 5.14. The largest absolute Gasteiger partial charge is 0.480 e. The van der Waals surface area contributed by atoms with Crippen molar-refractivity contribution in [1.29, 1.82) is 0 Å². The zero-order valence-corrected chi connectivity index (χ0v) is 9.91. The number of aromatic nitrogens is 1. The van der Waals surface area contributed by atoms with Gasteiger partial charge >= 0.3 is 5.97 Å². The molecule has 1 aromatic heterocycles. The van der Waals surface area contributed by atoms with E-state index in [1.807, 2.05) is 17.0 Å². The summed E-state index contributed by atoms with van der Waals surface area (Å²) >= 11 is 0. The van der Waals surface area contributed by atoms with Crippen LogP contribution in [-0.2, 0) is 4.79 Å². The van der Waals surface area contributed by atoms with Gasteiger partial charge in [-0.3, -0.25) is 14.7 Å². The molecule has 1 aliphatic heterocycles. The van der Waals surface area contributed by atoms with E-state index in [4.69, 9.17) is 5.11 Å². The molecule has 1 N–H and O–H groups in total. The van der Waals surface area contributed by atoms with Gasteiger partial charge in [0.15, 0.2) is 0 Å². The predicted molar refractivity (Wildman–Crippen MR) is 65.1 cm³/mol. The Morgan fingerprint density at radius 3 is 2.41 bits per heavy atom. The molecule has 92 valence electrons. The Bertz CT molecular complexity index is 375. The number of anilines is 1. The summed E-state index contributed by atoms with van der Waals surface area (Å²) in [5, 5.41) is 8.95. The fourth-order valence-electron chi connectivity index (χ4n) is 2.08. The zero-order valence-electron chi connectivity index (χ0n) is 9.91. The Balaban J connectivity index is 1.93. The lowest BCUT2D eigenvalue weighted by Crippen LogP contribution is -2.51. The molecule has 1 atom stereocenters. The lowest BCUT2D eigenvalue weighted by molar-refractivity contribution is -0.142.